The standard InChI is InChI=1S/C20H19ClN2O4S/c1-20(2)19(26)22-15-6-4-5-7-16(15)23(20)17(24)11-27-18(25)13-10-12(28-3)8-9-14(13)21/h4-10H,11H2,1-3H3,(H,22,26). The lowest BCUT2D eigenvalue weighted by atomic mass is 9.96. The fraction of sp³-hybridized carbons (Fsp3) is 0.250. The molecule has 0 spiro atoms. The fourth-order valence-corrected chi connectivity index (χ4v) is 3.59. The second-order valence-electron chi connectivity index (χ2n) is 6.68. The van der Waals surface area contributed by atoms with Crippen LogP contribution in [0.1, 0.15) is 24.2 Å². The van der Waals surface area contributed by atoms with Gasteiger partial charge in [-0.3, -0.25) is 14.5 Å². The van der Waals surface area contributed by atoms with Crippen LogP contribution in [0.4, 0.5) is 11.4 Å². The van der Waals surface area contributed by atoms with Crippen LogP contribution in [0.15, 0.2) is 47.4 Å². The highest BCUT2D eigenvalue weighted by Crippen LogP contribution is 2.36. The number of fused-ring (bicyclic) bond motifs is 1. The topological polar surface area (TPSA) is 75.7 Å². The van der Waals surface area contributed by atoms with E-state index in [4.69, 9.17) is 16.3 Å². The van der Waals surface area contributed by atoms with E-state index in [0.717, 1.165) is 4.90 Å². The molecule has 0 saturated heterocycles. The zero-order valence-corrected chi connectivity index (χ0v) is 17.2. The van der Waals surface area contributed by atoms with Crippen molar-refractivity contribution in [1.29, 1.82) is 0 Å². The van der Waals surface area contributed by atoms with E-state index < -0.39 is 24.0 Å². The molecular weight excluding hydrogens is 400 g/mol. The number of hydrogen-bond acceptors (Lipinski definition) is 5. The average molecular weight is 419 g/mol. The number of para-hydroxylation sites is 2. The number of benzene rings is 2. The van der Waals surface area contributed by atoms with Gasteiger partial charge in [0.2, 0.25) is 5.91 Å². The maximum absolute atomic E-state index is 12.9. The van der Waals surface area contributed by atoms with Crippen LogP contribution in [0.5, 0.6) is 0 Å². The summed E-state index contributed by atoms with van der Waals surface area (Å²) in [6.07, 6.45) is 1.88. The van der Waals surface area contributed by atoms with Crippen LogP contribution in [0.25, 0.3) is 0 Å². The molecule has 0 aliphatic carbocycles. The molecule has 2 aromatic rings. The van der Waals surface area contributed by atoms with Gasteiger partial charge in [-0.1, -0.05) is 23.7 Å². The lowest BCUT2D eigenvalue weighted by molar-refractivity contribution is -0.128. The number of halogens is 1. The number of nitrogens with one attached hydrogen (secondary N) is 1. The SMILES string of the molecule is CSc1ccc(Cl)c(C(=O)OCC(=O)N2c3ccccc3NC(=O)C2(C)C)c1. The lowest BCUT2D eigenvalue weighted by Gasteiger charge is -2.41. The van der Waals surface area contributed by atoms with E-state index in [9.17, 15) is 14.4 Å². The minimum Gasteiger partial charge on any atom is -0.452 e. The molecule has 0 unspecified atom stereocenters. The molecule has 0 radical (unpaired) electrons. The van der Waals surface area contributed by atoms with Gasteiger partial charge in [0.05, 0.1) is 22.0 Å². The minimum atomic E-state index is -1.13. The molecule has 0 aromatic heterocycles. The number of hydrogen-bond donors (Lipinski definition) is 1. The molecule has 1 heterocycles. The Bertz CT molecular complexity index is 961. The predicted octanol–water partition coefficient (Wildman–Crippen LogP) is 3.98. The van der Waals surface area contributed by atoms with Crippen LogP contribution in [-0.2, 0) is 14.3 Å². The van der Waals surface area contributed by atoms with Crippen molar-refractivity contribution in [2.45, 2.75) is 24.3 Å². The Morgan fingerprint density at radius 3 is 2.64 bits per heavy atom. The lowest BCUT2D eigenvalue weighted by Crippen LogP contribution is -2.59. The summed E-state index contributed by atoms with van der Waals surface area (Å²) in [4.78, 5) is 40.0. The fourth-order valence-electron chi connectivity index (χ4n) is 2.96. The Hall–Kier alpha value is -2.51. The highest BCUT2D eigenvalue weighted by atomic mass is 35.5. The van der Waals surface area contributed by atoms with E-state index in [1.165, 1.54) is 16.7 Å². The first-order chi connectivity index (χ1) is 13.3. The number of carbonyl (C=O) groups excluding carboxylic acids is 3. The smallest absolute Gasteiger partial charge is 0.340 e. The summed E-state index contributed by atoms with van der Waals surface area (Å²) in [7, 11) is 0. The number of amides is 2. The van der Waals surface area contributed by atoms with Crippen LogP contribution in [-0.4, -0.2) is 36.2 Å². The Kier molecular flexibility index (Phi) is 5.67. The average Bonchev–Trinajstić information content (AvgIpc) is 2.67. The van der Waals surface area contributed by atoms with Crippen LogP contribution in [0.3, 0.4) is 0 Å². The summed E-state index contributed by atoms with van der Waals surface area (Å²) in [6, 6.07) is 12.0. The Morgan fingerprint density at radius 2 is 1.93 bits per heavy atom. The zero-order valence-electron chi connectivity index (χ0n) is 15.6. The van der Waals surface area contributed by atoms with E-state index in [2.05, 4.69) is 5.32 Å². The molecule has 1 aliphatic rings. The number of nitrogens with zero attached hydrogens (tertiary/aromatic N) is 1. The predicted molar refractivity (Wildman–Crippen MR) is 110 cm³/mol. The molecule has 2 aromatic carbocycles. The van der Waals surface area contributed by atoms with Crippen molar-refractivity contribution in [2.24, 2.45) is 0 Å². The summed E-state index contributed by atoms with van der Waals surface area (Å²) in [5.74, 6) is -1.51. The second kappa shape index (κ2) is 7.85. The van der Waals surface area contributed by atoms with Gasteiger partial charge in [-0.05, 0) is 50.4 Å². The van der Waals surface area contributed by atoms with Gasteiger partial charge in [-0.15, -0.1) is 11.8 Å². The van der Waals surface area contributed by atoms with E-state index in [1.54, 1.807) is 56.3 Å². The number of ether oxygens (including phenoxy) is 1. The number of carbonyl (C=O) groups is 3. The van der Waals surface area contributed by atoms with Crippen LogP contribution >= 0.6 is 23.4 Å². The quantitative estimate of drug-likeness (QED) is 0.600. The first-order valence-corrected chi connectivity index (χ1v) is 10.1. The van der Waals surface area contributed by atoms with Crippen molar-refractivity contribution in [3.05, 3.63) is 53.1 Å². The molecule has 1 aliphatic heterocycles. The van der Waals surface area contributed by atoms with Gasteiger partial charge in [0.15, 0.2) is 6.61 Å². The van der Waals surface area contributed by atoms with Gasteiger partial charge in [-0.25, -0.2) is 4.79 Å². The number of esters is 1. The van der Waals surface area contributed by atoms with Crippen molar-refractivity contribution < 1.29 is 19.1 Å². The largest absolute Gasteiger partial charge is 0.452 e. The van der Waals surface area contributed by atoms with Gasteiger partial charge in [0.25, 0.3) is 5.91 Å². The first-order valence-electron chi connectivity index (χ1n) is 8.50. The van der Waals surface area contributed by atoms with E-state index >= 15 is 0 Å². The second-order valence-corrected chi connectivity index (χ2v) is 7.97. The summed E-state index contributed by atoms with van der Waals surface area (Å²) in [5, 5.41) is 3.03. The van der Waals surface area contributed by atoms with Crippen LogP contribution < -0.4 is 10.2 Å². The molecule has 6 nitrogen and oxygen atoms in total. The highest BCUT2D eigenvalue weighted by molar-refractivity contribution is 7.98. The Labute approximate surface area is 172 Å². The summed E-state index contributed by atoms with van der Waals surface area (Å²) in [5.41, 5.74) is 0.143. The molecule has 0 fully saturated rings. The first kappa shape index (κ1) is 20.2. The number of anilines is 2. The summed E-state index contributed by atoms with van der Waals surface area (Å²) < 4.78 is 5.21. The van der Waals surface area contributed by atoms with Gasteiger partial charge < -0.3 is 10.1 Å². The highest BCUT2D eigenvalue weighted by Gasteiger charge is 2.43. The van der Waals surface area contributed by atoms with E-state index in [1.807, 2.05) is 6.26 Å². The molecule has 3 rings (SSSR count). The third-order valence-corrected chi connectivity index (χ3v) is 5.53. The third-order valence-electron chi connectivity index (χ3n) is 4.48. The normalized spacial score (nSPS) is 14.9. The molecule has 0 atom stereocenters. The van der Waals surface area contributed by atoms with E-state index in [0.29, 0.717) is 11.4 Å². The summed E-state index contributed by atoms with van der Waals surface area (Å²) in [6.45, 7) is 2.76. The van der Waals surface area contributed by atoms with Crippen LogP contribution in [0.2, 0.25) is 5.02 Å². The number of rotatable bonds is 4. The maximum atomic E-state index is 12.9. The molecule has 28 heavy (non-hydrogen) atoms. The maximum Gasteiger partial charge on any atom is 0.340 e. The molecule has 1 N–H and O–H groups in total. The van der Waals surface area contributed by atoms with Gasteiger partial charge >= 0.3 is 5.97 Å². The van der Waals surface area contributed by atoms with E-state index in [-0.39, 0.29) is 16.5 Å². The molecule has 146 valence electrons. The molecular formula is C20H19ClN2O4S. The van der Waals surface area contributed by atoms with Crippen molar-refractivity contribution in [1.82, 2.24) is 0 Å². The molecule has 0 bridgehead atoms. The van der Waals surface area contributed by atoms with Crippen LogP contribution in [0, 0.1) is 0 Å². The minimum absolute atomic E-state index is 0.192. The summed E-state index contributed by atoms with van der Waals surface area (Å²) >= 11 is 7.55. The van der Waals surface area contributed by atoms with Crippen molar-refractivity contribution in [2.75, 3.05) is 23.1 Å². The number of thioether (sulfide) groups is 1. The van der Waals surface area contributed by atoms with Gasteiger partial charge in [0.1, 0.15) is 5.54 Å². The molecule has 8 heteroatoms. The monoisotopic (exact) mass is 418 g/mol. The molecule has 2 amide bonds. The van der Waals surface area contributed by atoms with Crippen molar-refractivity contribution in [3.8, 4) is 0 Å². The van der Waals surface area contributed by atoms with Crippen molar-refractivity contribution in [3.63, 3.8) is 0 Å². The third kappa shape index (κ3) is 3.72. The van der Waals surface area contributed by atoms with Gasteiger partial charge in [0, 0.05) is 4.90 Å². The Morgan fingerprint density at radius 1 is 1.21 bits per heavy atom. The molecule has 0 saturated carbocycles. The van der Waals surface area contributed by atoms with Crippen molar-refractivity contribution >= 4 is 52.5 Å². The zero-order chi connectivity index (χ0) is 20.5. The van der Waals surface area contributed by atoms with Gasteiger partial charge in [-0.2, -0.15) is 0 Å². The Balaban J connectivity index is 1.81.